The summed E-state index contributed by atoms with van der Waals surface area (Å²) in [5, 5.41) is 14.8. The zero-order valence-corrected chi connectivity index (χ0v) is 38.2. The minimum atomic E-state index is -1.11. The number of imidazole rings is 2. The predicted molar refractivity (Wildman–Crippen MR) is 248 cm³/mol. The molecule has 20 heteroatoms. The number of carbonyl (C=O) groups is 4. The van der Waals surface area contributed by atoms with Crippen molar-refractivity contribution in [1.82, 2.24) is 38.7 Å². The average Bonchev–Trinajstić information content (AvgIpc) is 4.10. The quantitative estimate of drug-likeness (QED) is 0.0750. The number of amides is 4. The molecule has 20 nitrogen and oxygen atoms in total. The van der Waals surface area contributed by atoms with Crippen LogP contribution in [0, 0.1) is 13.8 Å². The smallest absolute Gasteiger partial charge is 0.276 e. The monoisotopic (exact) mass is 914 g/mol. The summed E-state index contributed by atoms with van der Waals surface area (Å²) in [6, 6.07) is 21.2. The maximum atomic E-state index is 14.1. The van der Waals surface area contributed by atoms with Crippen molar-refractivity contribution < 1.29 is 38.1 Å². The van der Waals surface area contributed by atoms with Crippen molar-refractivity contribution in [3.63, 3.8) is 0 Å². The van der Waals surface area contributed by atoms with Gasteiger partial charge in [-0.1, -0.05) is 30.3 Å². The molecule has 0 aliphatic carbocycles. The Hall–Kier alpha value is -7.42. The number of hydrogen-bond donors (Lipinski definition) is 4. The van der Waals surface area contributed by atoms with E-state index < -0.39 is 41.6 Å². The molecule has 0 saturated carbocycles. The number of hydrogen-bond acceptors (Lipinski definition) is 12. The Bertz CT molecular complexity index is 2990. The highest BCUT2D eigenvalue weighted by Crippen LogP contribution is 2.37. The molecule has 4 amide bonds. The summed E-state index contributed by atoms with van der Waals surface area (Å²) < 4.78 is 32.3. The lowest BCUT2D eigenvalue weighted by Gasteiger charge is -2.21. The first-order valence-corrected chi connectivity index (χ1v) is 22.1. The number of benzene rings is 3. The topological polar surface area (TPSA) is 253 Å². The first kappa shape index (κ1) is 46.1. The van der Waals surface area contributed by atoms with Gasteiger partial charge in [-0.25, -0.2) is 9.97 Å². The van der Waals surface area contributed by atoms with E-state index in [1.54, 1.807) is 88.7 Å². The van der Waals surface area contributed by atoms with E-state index in [1.807, 2.05) is 44.2 Å². The zero-order chi connectivity index (χ0) is 47.6. The Kier molecular flexibility index (Phi) is 13.2. The minimum Gasteiger partial charge on any atom is -0.491 e. The molecular formula is C47H54N12O8. The Balaban J connectivity index is 1.16. The molecule has 4 aromatic heterocycles. The van der Waals surface area contributed by atoms with Gasteiger partial charge in [0.05, 0.1) is 60.8 Å². The van der Waals surface area contributed by atoms with Crippen LogP contribution in [0.15, 0.2) is 72.8 Å². The van der Waals surface area contributed by atoms with Gasteiger partial charge in [-0.3, -0.25) is 39.2 Å². The Labute approximate surface area is 385 Å². The first-order valence-electron chi connectivity index (χ1n) is 22.1. The number of ether oxygens (including phenoxy) is 4. The number of nitrogens with zero attached hydrogens (tertiary/aromatic N) is 8. The van der Waals surface area contributed by atoms with Crippen molar-refractivity contribution in [2.75, 3.05) is 23.8 Å². The number of fused-ring (bicyclic) bond motifs is 2. The van der Waals surface area contributed by atoms with E-state index in [1.165, 1.54) is 0 Å². The van der Waals surface area contributed by atoms with E-state index in [0.717, 1.165) is 5.56 Å². The van der Waals surface area contributed by atoms with E-state index >= 15 is 0 Å². The highest BCUT2D eigenvalue weighted by atomic mass is 16.8. The Morgan fingerprint density at radius 3 is 1.88 bits per heavy atom. The van der Waals surface area contributed by atoms with Gasteiger partial charge in [-0.2, -0.15) is 10.2 Å². The summed E-state index contributed by atoms with van der Waals surface area (Å²) in [5.74, 6) is -2.73. The largest absolute Gasteiger partial charge is 0.491 e. The van der Waals surface area contributed by atoms with Crippen LogP contribution in [0.1, 0.15) is 92.8 Å². The summed E-state index contributed by atoms with van der Waals surface area (Å²) in [6.07, 6.45) is -0.942. The number of aryl methyl sites for hydroxylation is 4. The van der Waals surface area contributed by atoms with Gasteiger partial charge in [0.15, 0.2) is 5.79 Å². The number of aromatic nitrogens is 8. The lowest BCUT2D eigenvalue weighted by Crippen LogP contribution is -2.33. The van der Waals surface area contributed by atoms with Crippen molar-refractivity contribution in [1.29, 1.82) is 0 Å². The van der Waals surface area contributed by atoms with Crippen molar-refractivity contribution in [3.05, 3.63) is 112 Å². The third-order valence-corrected chi connectivity index (χ3v) is 11.3. The molecule has 0 unspecified atom stereocenters. The lowest BCUT2D eigenvalue weighted by molar-refractivity contribution is -0.148. The summed E-state index contributed by atoms with van der Waals surface area (Å²) in [7, 11) is 0. The zero-order valence-electron chi connectivity index (χ0n) is 38.2. The molecule has 0 bridgehead atoms. The fraction of sp³-hybridized carbons (Fsp3) is 0.362. The van der Waals surface area contributed by atoms with Gasteiger partial charge in [0.25, 0.3) is 11.8 Å². The molecule has 1 saturated heterocycles. The lowest BCUT2D eigenvalue weighted by atomic mass is 10.1. The molecule has 350 valence electrons. The average molecular weight is 915 g/mol. The van der Waals surface area contributed by atoms with E-state index in [2.05, 4.69) is 20.8 Å². The normalized spacial score (nSPS) is 15.6. The van der Waals surface area contributed by atoms with Crippen molar-refractivity contribution in [2.24, 2.45) is 11.5 Å². The maximum absolute atomic E-state index is 14.1. The number of nitrogens with two attached hydrogens (primary N) is 2. The molecule has 3 aromatic carbocycles. The van der Waals surface area contributed by atoms with E-state index in [4.69, 9.17) is 40.4 Å². The van der Waals surface area contributed by atoms with Gasteiger partial charge in [0, 0.05) is 30.6 Å². The van der Waals surface area contributed by atoms with E-state index in [-0.39, 0.29) is 42.7 Å². The third kappa shape index (κ3) is 10.1. The van der Waals surface area contributed by atoms with Crippen LogP contribution in [0.25, 0.3) is 22.1 Å². The molecule has 0 radical (unpaired) electrons. The van der Waals surface area contributed by atoms with Crippen LogP contribution in [0.3, 0.4) is 0 Å². The van der Waals surface area contributed by atoms with Crippen molar-refractivity contribution >= 4 is 57.6 Å². The summed E-state index contributed by atoms with van der Waals surface area (Å²) in [4.78, 5) is 62.5. The first-order chi connectivity index (χ1) is 32.1. The molecule has 5 heterocycles. The number of primary amides is 2. The van der Waals surface area contributed by atoms with Gasteiger partial charge in [-0.15, -0.1) is 0 Å². The van der Waals surface area contributed by atoms with Gasteiger partial charge in [0.1, 0.15) is 34.9 Å². The molecule has 1 aliphatic heterocycles. The summed E-state index contributed by atoms with van der Waals surface area (Å²) in [5.41, 5.74) is 16.7. The molecule has 6 N–H and O–H groups in total. The van der Waals surface area contributed by atoms with Crippen LogP contribution >= 0.6 is 0 Å². The molecular weight excluding hydrogens is 861 g/mol. The Morgan fingerprint density at radius 1 is 0.716 bits per heavy atom. The van der Waals surface area contributed by atoms with E-state index in [0.29, 0.717) is 83.3 Å². The molecule has 8 rings (SSSR count). The fourth-order valence-electron chi connectivity index (χ4n) is 8.27. The molecule has 7 aromatic rings. The maximum Gasteiger partial charge on any atom is 0.276 e. The van der Waals surface area contributed by atoms with Crippen molar-refractivity contribution in [3.8, 4) is 5.75 Å². The summed E-state index contributed by atoms with van der Waals surface area (Å²) in [6.45, 7) is 13.1. The number of nitrogens with one attached hydrogen (secondary N) is 2. The van der Waals surface area contributed by atoms with Crippen LogP contribution < -0.4 is 26.8 Å². The number of anilines is 2. The second-order valence-electron chi connectivity index (χ2n) is 16.7. The van der Waals surface area contributed by atoms with Crippen molar-refractivity contribution in [2.45, 2.75) is 98.7 Å². The summed E-state index contributed by atoms with van der Waals surface area (Å²) >= 11 is 0. The van der Waals surface area contributed by atoms with Crippen LogP contribution in [0.5, 0.6) is 5.75 Å². The molecule has 0 spiro atoms. The molecule has 1 fully saturated rings. The molecule has 2 atom stereocenters. The van der Waals surface area contributed by atoms with Gasteiger partial charge in [-0.05, 0) is 89.6 Å². The fourth-order valence-corrected chi connectivity index (χ4v) is 8.27. The van der Waals surface area contributed by atoms with Gasteiger partial charge >= 0.3 is 0 Å². The molecule has 67 heavy (non-hydrogen) atoms. The van der Waals surface area contributed by atoms with Crippen LogP contribution in [0.4, 0.5) is 11.9 Å². The predicted octanol–water partition coefficient (Wildman–Crippen LogP) is 5.34. The van der Waals surface area contributed by atoms with Crippen LogP contribution in [-0.2, 0) is 47.0 Å². The standard InChI is InChI=1S/C47H54N12O8/c1-7-58-35(19-27(3)54-58)43(62)52-45-50-32-21-30(41(48)60)15-16-34(32)56(45)24-38-39(67-47(5,6)66-38)25-57-40-33(51-46(57)53-44(63)36-20-28(4)55-59(36)8-2)22-31(42(49)61)23-37(40)65-18-12-17-64-26-29-13-10-9-11-14-29/h9-11,13-16,19-23,38-39H,7-8,12,17-18,24-26H2,1-6H3,(H2,48,60)(H2,49,61)(H,50,52,62)(H,51,53,63)/t38-,39-/m1/s1. The van der Waals surface area contributed by atoms with Gasteiger partial charge in [0.2, 0.25) is 23.7 Å². The van der Waals surface area contributed by atoms with Crippen LogP contribution in [0.2, 0.25) is 0 Å². The Morgan fingerprint density at radius 2 is 1.28 bits per heavy atom. The highest BCUT2D eigenvalue weighted by Gasteiger charge is 2.43. The second kappa shape index (κ2) is 19.2. The molecule has 1 aliphatic rings. The number of carbonyl (C=O) groups excluding carboxylic acids is 4. The minimum absolute atomic E-state index is 0.0495. The highest BCUT2D eigenvalue weighted by molar-refractivity contribution is 6.05. The number of rotatable bonds is 19. The van der Waals surface area contributed by atoms with E-state index in [9.17, 15) is 19.2 Å². The van der Waals surface area contributed by atoms with Gasteiger partial charge < -0.3 is 39.5 Å². The van der Waals surface area contributed by atoms with Crippen LogP contribution in [-0.4, -0.2) is 93.5 Å². The SMILES string of the molecule is CCn1nc(C)cc1C(=O)Nc1nc2cc(C(N)=O)ccc2n1C[C@H]1OC(C)(C)O[C@@H]1Cn1c(NC(=O)c2cc(C)nn2CC)nc2cc(C(N)=O)cc(OCCCOCc3ccccc3)c21. The third-order valence-electron chi connectivity index (χ3n) is 11.3. The second-order valence-corrected chi connectivity index (χ2v) is 16.7.